The molecule has 2 aromatic rings. The molecule has 4 rings (SSSR count). The van der Waals surface area contributed by atoms with Crippen molar-refractivity contribution in [3.8, 4) is 0 Å². The minimum atomic E-state index is -0.266. The van der Waals surface area contributed by atoms with Gasteiger partial charge in [-0.2, -0.15) is 0 Å². The van der Waals surface area contributed by atoms with Crippen LogP contribution < -0.4 is 10.2 Å². The van der Waals surface area contributed by atoms with Crippen molar-refractivity contribution >= 4 is 44.4 Å². The minimum Gasteiger partial charge on any atom is -0.498 e. The summed E-state index contributed by atoms with van der Waals surface area (Å²) < 4.78 is 11.1. The molecule has 2 aliphatic heterocycles. The molecule has 2 aliphatic rings. The van der Waals surface area contributed by atoms with Crippen molar-refractivity contribution in [2.75, 3.05) is 43.1 Å². The van der Waals surface area contributed by atoms with Gasteiger partial charge in [-0.15, -0.1) is 21.5 Å². The Hall–Kier alpha value is -2.30. The smallest absolute Gasteiger partial charge is 0.276 e. The lowest BCUT2D eigenvalue weighted by Crippen LogP contribution is -2.35. The largest absolute Gasteiger partial charge is 0.498 e. The van der Waals surface area contributed by atoms with Crippen molar-refractivity contribution in [3.63, 3.8) is 0 Å². The second kappa shape index (κ2) is 10.5. The van der Waals surface area contributed by atoms with E-state index in [0.717, 1.165) is 73.6 Å². The van der Waals surface area contributed by atoms with Crippen LogP contribution in [0.1, 0.15) is 55.5 Å². The molecule has 1 amide bonds. The summed E-state index contributed by atoms with van der Waals surface area (Å²) in [6, 6.07) is 0. The second-order valence-electron chi connectivity index (χ2n) is 7.98. The zero-order valence-electron chi connectivity index (χ0n) is 18.7. The number of rotatable bonds is 8. The lowest BCUT2D eigenvalue weighted by atomic mass is 9.98. The van der Waals surface area contributed by atoms with Crippen LogP contribution >= 0.6 is 22.7 Å². The van der Waals surface area contributed by atoms with Crippen LogP contribution in [0.25, 0.3) is 5.57 Å². The van der Waals surface area contributed by atoms with Crippen LogP contribution in [0.2, 0.25) is 0 Å². The Morgan fingerprint density at radius 3 is 2.91 bits per heavy atom. The number of nitrogens with zero attached hydrogens (tertiary/aromatic N) is 4. The molecule has 32 heavy (non-hydrogen) atoms. The molecule has 0 bridgehead atoms. The maximum Gasteiger partial charge on any atom is 0.276 e. The van der Waals surface area contributed by atoms with Gasteiger partial charge in [0.1, 0.15) is 10.7 Å². The maximum atomic E-state index is 12.7. The molecule has 0 radical (unpaired) electrons. The molecule has 0 unspecified atom stereocenters. The predicted octanol–water partition coefficient (Wildman–Crippen LogP) is 4.60. The molecule has 4 heterocycles. The van der Waals surface area contributed by atoms with E-state index < -0.39 is 0 Å². The van der Waals surface area contributed by atoms with Gasteiger partial charge in [-0.25, -0.2) is 4.98 Å². The number of carbonyl (C=O) groups excluding carboxylic acids is 1. The van der Waals surface area contributed by atoms with Gasteiger partial charge in [-0.3, -0.25) is 10.1 Å². The lowest BCUT2D eigenvalue weighted by Gasteiger charge is -2.31. The molecule has 1 N–H and O–H groups in total. The van der Waals surface area contributed by atoms with Crippen LogP contribution in [-0.4, -0.2) is 54.0 Å². The molecule has 0 aliphatic carbocycles. The van der Waals surface area contributed by atoms with Crippen LogP contribution in [0, 0.1) is 5.92 Å². The number of carbonyl (C=O) groups is 1. The minimum absolute atomic E-state index is 0.266. The number of aromatic nitrogens is 3. The van der Waals surface area contributed by atoms with Crippen LogP contribution in [0.15, 0.2) is 22.8 Å². The first kappa shape index (κ1) is 22.9. The third-order valence-electron chi connectivity index (χ3n) is 5.68. The van der Waals surface area contributed by atoms with E-state index >= 15 is 0 Å². The highest BCUT2D eigenvalue weighted by Crippen LogP contribution is 2.29. The van der Waals surface area contributed by atoms with Crippen LogP contribution in [0.4, 0.5) is 10.3 Å². The molecule has 10 heteroatoms. The fraction of sp³-hybridized carbons (Fsp3) is 0.545. The number of amides is 1. The van der Waals surface area contributed by atoms with Crippen molar-refractivity contribution < 1.29 is 14.3 Å². The van der Waals surface area contributed by atoms with Crippen molar-refractivity contribution in [2.45, 2.75) is 40.0 Å². The normalized spacial score (nSPS) is 17.7. The molecule has 0 saturated carbocycles. The summed E-state index contributed by atoms with van der Waals surface area (Å²) in [7, 11) is 0. The summed E-state index contributed by atoms with van der Waals surface area (Å²) in [5, 5.41) is 15.2. The highest BCUT2D eigenvalue weighted by molar-refractivity contribution is 7.19. The first-order valence-corrected chi connectivity index (χ1v) is 12.7. The summed E-state index contributed by atoms with van der Waals surface area (Å²) in [6.07, 6.45) is 5.17. The Bertz CT molecular complexity index is 1000. The monoisotopic (exact) mass is 475 g/mol. The number of allylic oxidation sites excluding steroid dienone is 3. The number of thiazole rings is 1. The van der Waals surface area contributed by atoms with Gasteiger partial charge in [0.05, 0.1) is 12.4 Å². The molecule has 1 fully saturated rings. The number of hydrogen-bond donors (Lipinski definition) is 1. The van der Waals surface area contributed by atoms with E-state index in [-0.39, 0.29) is 5.91 Å². The maximum absolute atomic E-state index is 12.7. The van der Waals surface area contributed by atoms with Gasteiger partial charge in [-0.1, -0.05) is 11.3 Å². The molecule has 8 nitrogen and oxygen atoms in total. The third-order valence-corrected chi connectivity index (χ3v) is 7.56. The predicted molar refractivity (Wildman–Crippen MR) is 128 cm³/mol. The second-order valence-corrected chi connectivity index (χ2v) is 9.79. The summed E-state index contributed by atoms with van der Waals surface area (Å²) in [5.74, 6) is 1.30. The summed E-state index contributed by atoms with van der Waals surface area (Å²) in [5.41, 5.74) is 2.60. The van der Waals surface area contributed by atoms with Crippen molar-refractivity contribution in [1.29, 1.82) is 0 Å². The van der Waals surface area contributed by atoms with E-state index in [1.807, 2.05) is 20.8 Å². The number of nitrogens with one attached hydrogen (secondary N) is 1. The first-order valence-electron chi connectivity index (χ1n) is 11.0. The SMILES string of the molecule is CCOCC1CCN(c2nnc(NC(=O)c3csc(C(C)=CC4=C(C)OCC4)n3)s2)CC1. The zero-order valence-corrected chi connectivity index (χ0v) is 20.4. The molecule has 1 saturated heterocycles. The Morgan fingerprint density at radius 2 is 2.19 bits per heavy atom. The topological polar surface area (TPSA) is 89.5 Å². The number of anilines is 2. The first-order chi connectivity index (χ1) is 15.5. The van der Waals surface area contributed by atoms with Crippen molar-refractivity contribution in [1.82, 2.24) is 15.2 Å². The fourth-order valence-electron chi connectivity index (χ4n) is 3.77. The van der Waals surface area contributed by atoms with Gasteiger partial charge in [0.25, 0.3) is 5.91 Å². The number of piperidine rings is 1. The molecular formula is C22H29N5O3S2. The van der Waals surface area contributed by atoms with E-state index in [4.69, 9.17) is 9.47 Å². The molecular weight excluding hydrogens is 446 g/mol. The standard InChI is InChI=1S/C22H29N5O3S2/c1-4-29-12-16-5-8-27(9-6-16)22-26-25-21(32-22)24-19(28)18-13-31-20(23-18)14(2)11-17-7-10-30-15(17)3/h11,13,16H,4-10,12H2,1-3H3,(H,24,25,28). The molecule has 0 aromatic carbocycles. The highest BCUT2D eigenvalue weighted by Gasteiger charge is 2.23. The van der Waals surface area contributed by atoms with E-state index in [1.54, 1.807) is 5.38 Å². The van der Waals surface area contributed by atoms with Crippen molar-refractivity contribution in [3.05, 3.63) is 33.5 Å². The zero-order chi connectivity index (χ0) is 22.5. The van der Waals surface area contributed by atoms with E-state index in [2.05, 4.69) is 31.5 Å². The van der Waals surface area contributed by atoms with E-state index in [9.17, 15) is 4.79 Å². The van der Waals surface area contributed by atoms with Crippen LogP contribution in [-0.2, 0) is 9.47 Å². The Balaban J connectivity index is 1.33. The van der Waals surface area contributed by atoms with Gasteiger partial charge in [0.2, 0.25) is 10.3 Å². The average Bonchev–Trinajstić information content (AvgIpc) is 3.55. The lowest BCUT2D eigenvalue weighted by molar-refractivity contribution is 0.100. The number of hydrogen-bond acceptors (Lipinski definition) is 9. The Morgan fingerprint density at radius 1 is 1.38 bits per heavy atom. The molecule has 2 aromatic heterocycles. The average molecular weight is 476 g/mol. The third kappa shape index (κ3) is 5.54. The quantitative estimate of drug-likeness (QED) is 0.597. The molecule has 172 valence electrons. The van der Waals surface area contributed by atoms with Gasteiger partial charge in [-0.05, 0) is 56.8 Å². The van der Waals surface area contributed by atoms with Gasteiger partial charge in [0.15, 0.2) is 0 Å². The molecule has 0 spiro atoms. The highest BCUT2D eigenvalue weighted by atomic mass is 32.1. The Kier molecular flexibility index (Phi) is 7.54. The van der Waals surface area contributed by atoms with Crippen LogP contribution in [0.5, 0.6) is 0 Å². The van der Waals surface area contributed by atoms with Gasteiger partial charge < -0.3 is 14.4 Å². The fourth-order valence-corrected chi connectivity index (χ4v) is 5.34. The summed E-state index contributed by atoms with van der Waals surface area (Å²) >= 11 is 2.86. The number of ether oxygens (including phenoxy) is 2. The van der Waals surface area contributed by atoms with Gasteiger partial charge in [0, 0.05) is 38.1 Å². The van der Waals surface area contributed by atoms with Crippen LogP contribution in [0.3, 0.4) is 0 Å². The summed E-state index contributed by atoms with van der Waals surface area (Å²) in [6.45, 7) is 10.2. The van der Waals surface area contributed by atoms with E-state index in [1.165, 1.54) is 28.2 Å². The van der Waals surface area contributed by atoms with Crippen molar-refractivity contribution in [2.24, 2.45) is 5.92 Å². The van der Waals surface area contributed by atoms with E-state index in [0.29, 0.717) is 16.7 Å². The van der Waals surface area contributed by atoms with Gasteiger partial charge >= 0.3 is 0 Å². The summed E-state index contributed by atoms with van der Waals surface area (Å²) in [4.78, 5) is 19.4. The molecule has 0 atom stereocenters. The Labute approximate surface area is 196 Å².